The summed E-state index contributed by atoms with van der Waals surface area (Å²) in [5.41, 5.74) is 0. The van der Waals surface area contributed by atoms with Crippen molar-refractivity contribution in [3.63, 3.8) is 0 Å². The van der Waals surface area contributed by atoms with Crippen LogP contribution in [0.25, 0.3) is 0 Å². The monoisotopic (exact) mass is 181 g/mol. The van der Waals surface area contributed by atoms with E-state index in [4.69, 9.17) is 4.74 Å². The molecule has 0 saturated carbocycles. The van der Waals surface area contributed by atoms with E-state index in [0.717, 1.165) is 19.4 Å². The highest BCUT2D eigenvalue weighted by molar-refractivity contribution is 5.77. The van der Waals surface area contributed by atoms with Crippen LogP contribution in [0.15, 0.2) is 12.2 Å². The molecule has 3 nitrogen and oxygen atoms in total. The maximum atomic E-state index is 11.6. The third-order valence-electron chi connectivity index (χ3n) is 2.65. The number of allylic oxidation sites excluding steroid dienone is 1. The van der Waals surface area contributed by atoms with Crippen molar-refractivity contribution in [2.24, 2.45) is 0 Å². The highest BCUT2D eigenvalue weighted by Crippen LogP contribution is 2.16. The van der Waals surface area contributed by atoms with Crippen LogP contribution in [0.5, 0.6) is 0 Å². The number of carbonyl (C=O) groups is 1. The van der Waals surface area contributed by atoms with E-state index >= 15 is 0 Å². The number of ether oxygens (including phenoxy) is 1. The SMILES string of the molecule is O=C1CCC=CCC2COCCN12. The topological polar surface area (TPSA) is 29.5 Å². The first kappa shape index (κ1) is 8.75. The predicted octanol–water partition coefficient (Wildman–Crippen LogP) is 0.954. The van der Waals surface area contributed by atoms with E-state index in [1.807, 2.05) is 4.90 Å². The fourth-order valence-electron chi connectivity index (χ4n) is 1.90. The molecule has 1 atom stereocenters. The van der Waals surface area contributed by atoms with Crippen LogP contribution >= 0.6 is 0 Å². The van der Waals surface area contributed by atoms with Gasteiger partial charge in [-0.1, -0.05) is 12.2 Å². The molecule has 0 spiro atoms. The van der Waals surface area contributed by atoms with E-state index in [1.165, 1.54) is 0 Å². The smallest absolute Gasteiger partial charge is 0.223 e. The number of nitrogens with zero attached hydrogens (tertiary/aromatic N) is 1. The molecule has 1 amide bonds. The maximum Gasteiger partial charge on any atom is 0.223 e. The Balaban J connectivity index is 2.09. The lowest BCUT2D eigenvalue weighted by atomic mass is 10.1. The summed E-state index contributed by atoms with van der Waals surface area (Å²) >= 11 is 0. The standard InChI is InChI=1S/C10H15NO2/c12-10-5-3-1-2-4-9-8-13-7-6-11(9)10/h1-2,9H,3-8H2. The number of rotatable bonds is 0. The zero-order valence-electron chi connectivity index (χ0n) is 7.74. The van der Waals surface area contributed by atoms with Gasteiger partial charge in [-0.05, 0) is 12.8 Å². The molecule has 2 aliphatic heterocycles. The Morgan fingerprint density at radius 1 is 1.46 bits per heavy atom. The van der Waals surface area contributed by atoms with Gasteiger partial charge in [-0.2, -0.15) is 0 Å². The van der Waals surface area contributed by atoms with Crippen molar-refractivity contribution in [2.75, 3.05) is 19.8 Å². The van der Waals surface area contributed by atoms with Crippen molar-refractivity contribution in [2.45, 2.75) is 25.3 Å². The second kappa shape index (κ2) is 3.92. The Kier molecular flexibility index (Phi) is 2.64. The van der Waals surface area contributed by atoms with Crippen LogP contribution in [-0.4, -0.2) is 36.6 Å². The lowest BCUT2D eigenvalue weighted by molar-refractivity contribution is -0.139. The number of amides is 1. The van der Waals surface area contributed by atoms with E-state index in [-0.39, 0.29) is 11.9 Å². The molecule has 0 radical (unpaired) electrons. The molecule has 13 heavy (non-hydrogen) atoms. The fraction of sp³-hybridized carbons (Fsp3) is 0.700. The van der Waals surface area contributed by atoms with Gasteiger partial charge in [0, 0.05) is 13.0 Å². The van der Waals surface area contributed by atoms with Gasteiger partial charge in [0.1, 0.15) is 0 Å². The zero-order chi connectivity index (χ0) is 9.10. The third-order valence-corrected chi connectivity index (χ3v) is 2.65. The van der Waals surface area contributed by atoms with E-state index in [2.05, 4.69) is 12.2 Å². The van der Waals surface area contributed by atoms with Crippen LogP contribution in [0.3, 0.4) is 0 Å². The molecule has 3 heteroatoms. The van der Waals surface area contributed by atoms with Crippen molar-refractivity contribution < 1.29 is 9.53 Å². The average molecular weight is 181 g/mol. The van der Waals surface area contributed by atoms with Crippen LogP contribution in [0, 0.1) is 0 Å². The summed E-state index contributed by atoms with van der Waals surface area (Å²) in [4.78, 5) is 13.6. The number of fused-ring (bicyclic) bond motifs is 1. The van der Waals surface area contributed by atoms with Gasteiger partial charge >= 0.3 is 0 Å². The first-order valence-corrected chi connectivity index (χ1v) is 4.90. The molecule has 1 saturated heterocycles. The summed E-state index contributed by atoms with van der Waals surface area (Å²) < 4.78 is 5.36. The summed E-state index contributed by atoms with van der Waals surface area (Å²) in [7, 11) is 0. The summed E-state index contributed by atoms with van der Waals surface area (Å²) in [6.45, 7) is 2.18. The molecular formula is C10H15NO2. The van der Waals surface area contributed by atoms with Gasteiger partial charge in [-0.3, -0.25) is 4.79 Å². The summed E-state index contributed by atoms with van der Waals surface area (Å²) in [5, 5.41) is 0. The predicted molar refractivity (Wildman–Crippen MR) is 49.3 cm³/mol. The molecule has 0 aromatic heterocycles. The molecule has 2 heterocycles. The van der Waals surface area contributed by atoms with Crippen molar-refractivity contribution in [1.29, 1.82) is 0 Å². The third kappa shape index (κ3) is 1.91. The molecule has 72 valence electrons. The highest BCUT2D eigenvalue weighted by atomic mass is 16.5. The van der Waals surface area contributed by atoms with Crippen LogP contribution in [0.1, 0.15) is 19.3 Å². The van der Waals surface area contributed by atoms with E-state index in [0.29, 0.717) is 19.6 Å². The Labute approximate surface area is 78.4 Å². The van der Waals surface area contributed by atoms with Gasteiger partial charge in [0.25, 0.3) is 0 Å². The molecule has 0 bridgehead atoms. The molecule has 0 N–H and O–H groups in total. The lowest BCUT2D eigenvalue weighted by Crippen LogP contribution is -2.48. The van der Waals surface area contributed by atoms with Gasteiger partial charge in [0.2, 0.25) is 5.91 Å². The highest BCUT2D eigenvalue weighted by Gasteiger charge is 2.26. The Morgan fingerprint density at radius 3 is 3.31 bits per heavy atom. The van der Waals surface area contributed by atoms with Crippen LogP contribution in [0.2, 0.25) is 0 Å². The van der Waals surface area contributed by atoms with Crippen molar-refractivity contribution >= 4 is 5.91 Å². The molecular weight excluding hydrogens is 166 g/mol. The molecule has 0 aromatic carbocycles. The lowest BCUT2D eigenvalue weighted by Gasteiger charge is -2.36. The number of hydrogen-bond acceptors (Lipinski definition) is 2. The minimum absolute atomic E-state index is 0.289. The maximum absolute atomic E-state index is 11.6. The van der Waals surface area contributed by atoms with Crippen molar-refractivity contribution in [1.82, 2.24) is 4.90 Å². The van der Waals surface area contributed by atoms with Crippen molar-refractivity contribution in [3.8, 4) is 0 Å². The van der Waals surface area contributed by atoms with Gasteiger partial charge in [0.15, 0.2) is 0 Å². The second-order valence-electron chi connectivity index (χ2n) is 3.56. The van der Waals surface area contributed by atoms with Gasteiger partial charge in [-0.25, -0.2) is 0 Å². The summed E-state index contributed by atoms with van der Waals surface area (Å²) in [5.74, 6) is 0.289. The second-order valence-corrected chi connectivity index (χ2v) is 3.56. The van der Waals surface area contributed by atoms with E-state index in [9.17, 15) is 4.79 Å². The molecule has 0 aromatic rings. The molecule has 2 aliphatic rings. The number of morpholine rings is 1. The molecule has 1 unspecified atom stereocenters. The van der Waals surface area contributed by atoms with Crippen LogP contribution < -0.4 is 0 Å². The Hall–Kier alpha value is -0.830. The van der Waals surface area contributed by atoms with E-state index in [1.54, 1.807) is 0 Å². The minimum atomic E-state index is 0.289. The van der Waals surface area contributed by atoms with Crippen LogP contribution in [0.4, 0.5) is 0 Å². The average Bonchev–Trinajstić information content (AvgIpc) is 2.14. The molecule has 2 rings (SSSR count). The first-order valence-electron chi connectivity index (χ1n) is 4.90. The Bertz CT molecular complexity index is 225. The molecule has 0 aliphatic carbocycles. The largest absolute Gasteiger partial charge is 0.377 e. The summed E-state index contributed by atoms with van der Waals surface area (Å²) in [6, 6.07) is 0.290. The van der Waals surface area contributed by atoms with Gasteiger partial charge in [-0.15, -0.1) is 0 Å². The fourth-order valence-corrected chi connectivity index (χ4v) is 1.90. The van der Waals surface area contributed by atoms with E-state index < -0.39 is 0 Å². The summed E-state index contributed by atoms with van der Waals surface area (Å²) in [6.07, 6.45) is 6.77. The van der Waals surface area contributed by atoms with Gasteiger partial charge < -0.3 is 9.64 Å². The first-order chi connectivity index (χ1) is 6.38. The number of carbonyl (C=O) groups excluding carboxylic acids is 1. The normalized spacial score (nSPS) is 29.4. The molecule has 1 fully saturated rings. The zero-order valence-corrected chi connectivity index (χ0v) is 7.74. The minimum Gasteiger partial charge on any atom is -0.377 e. The number of hydrogen-bond donors (Lipinski definition) is 0. The Morgan fingerprint density at radius 2 is 2.38 bits per heavy atom. The van der Waals surface area contributed by atoms with Crippen LogP contribution in [-0.2, 0) is 9.53 Å². The van der Waals surface area contributed by atoms with Crippen molar-refractivity contribution in [3.05, 3.63) is 12.2 Å². The quantitative estimate of drug-likeness (QED) is 0.521. The van der Waals surface area contributed by atoms with Gasteiger partial charge in [0.05, 0.1) is 19.3 Å².